The normalized spacial score (nSPS) is 11.1. The number of hydrogen-bond acceptors (Lipinski definition) is 4. The topological polar surface area (TPSA) is 63.8 Å². The molecule has 0 radical (unpaired) electrons. The first-order valence-electron chi connectivity index (χ1n) is 8.28. The van der Waals surface area contributed by atoms with Gasteiger partial charge in [0, 0.05) is 5.39 Å². The summed E-state index contributed by atoms with van der Waals surface area (Å²) in [6, 6.07) is 15.1. The predicted molar refractivity (Wildman–Crippen MR) is 98.3 cm³/mol. The van der Waals surface area contributed by atoms with Crippen molar-refractivity contribution in [2.45, 2.75) is 20.3 Å². The van der Waals surface area contributed by atoms with Gasteiger partial charge in [0.05, 0.1) is 12.8 Å². The van der Waals surface area contributed by atoms with Crippen molar-refractivity contribution >= 4 is 23.1 Å². The Kier molecular flexibility index (Phi) is 5.14. The van der Waals surface area contributed by atoms with Crippen molar-refractivity contribution in [2.24, 2.45) is 5.10 Å². The van der Waals surface area contributed by atoms with E-state index in [1.54, 1.807) is 18.3 Å². The number of rotatable bonds is 6. The first kappa shape index (κ1) is 16.8. The summed E-state index contributed by atoms with van der Waals surface area (Å²) in [5.41, 5.74) is 5.29. The van der Waals surface area contributed by atoms with E-state index in [-0.39, 0.29) is 5.76 Å². The number of carbonyl (C=O) groups is 1. The number of nitrogens with zero attached hydrogens (tertiary/aromatic N) is 1. The first-order chi connectivity index (χ1) is 12.2. The molecule has 2 aromatic carbocycles. The van der Waals surface area contributed by atoms with Crippen molar-refractivity contribution in [3.63, 3.8) is 0 Å². The average Bonchev–Trinajstić information content (AvgIpc) is 3.06. The summed E-state index contributed by atoms with van der Waals surface area (Å²) in [6.07, 6.45) is 2.60. The lowest BCUT2D eigenvalue weighted by Gasteiger charge is -2.00. The van der Waals surface area contributed by atoms with Crippen molar-refractivity contribution in [1.29, 1.82) is 0 Å². The minimum absolute atomic E-state index is 0.210. The Bertz CT molecular complexity index is 895. The molecule has 0 fully saturated rings. The fourth-order valence-corrected chi connectivity index (χ4v) is 2.45. The molecule has 0 saturated carbocycles. The van der Waals surface area contributed by atoms with E-state index >= 15 is 0 Å². The number of hydrogen-bond donors (Lipinski definition) is 1. The third-order valence-electron chi connectivity index (χ3n) is 3.79. The molecule has 25 heavy (non-hydrogen) atoms. The zero-order valence-corrected chi connectivity index (χ0v) is 14.3. The molecule has 128 valence electrons. The molecule has 0 saturated heterocycles. The molecule has 5 heteroatoms. The SMILES string of the molecule is CCOc1ccc2oc(C(=O)N/N=C/c3ccc(CC)cc3)cc2c1. The monoisotopic (exact) mass is 336 g/mol. The van der Waals surface area contributed by atoms with Gasteiger partial charge in [-0.3, -0.25) is 4.79 Å². The van der Waals surface area contributed by atoms with Gasteiger partial charge in [0.1, 0.15) is 11.3 Å². The van der Waals surface area contributed by atoms with Crippen molar-refractivity contribution in [2.75, 3.05) is 6.61 Å². The molecular weight excluding hydrogens is 316 g/mol. The lowest BCUT2D eigenvalue weighted by molar-refractivity contribution is 0.0929. The van der Waals surface area contributed by atoms with Crippen LogP contribution in [0.3, 0.4) is 0 Å². The fourth-order valence-electron chi connectivity index (χ4n) is 2.45. The Balaban J connectivity index is 1.67. The summed E-state index contributed by atoms with van der Waals surface area (Å²) < 4.78 is 11.0. The lowest BCUT2D eigenvalue weighted by atomic mass is 10.1. The molecule has 1 heterocycles. The number of carbonyl (C=O) groups excluding carboxylic acids is 1. The summed E-state index contributed by atoms with van der Waals surface area (Å²) in [5, 5.41) is 4.80. The minimum atomic E-state index is -0.393. The lowest BCUT2D eigenvalue weighted by Crippen LogP contribution is -2.16. The number of hydrazone groups is 1. The van der Waals surface area contributed by atoms with E-state index < -0.39 is 5.91 Å². The van der Waals surface area contributed by atoms with Gasteiger partial charge in [-0.25, -0.2) is 5.43 Å². The highest BCUT2D eigenvalue weighted by atomic mass is 16.5. The van der Waals surface area contributed by atoms with E-state index in [1.807, 2.05) is 43.3 Å². The zero-order valence-electron chi connectivity index (χ0n) is 14.3. The second-order valence-electron chi connectivity index (χ2n) is 5.54. The summed E-state index contributed by atoms with van der Waals surface area (Å²) in [5.74, 6) is 0.564. The van der Waals surface area contributed by atoms with Crippen LogP contribution in [0, 0.1) is 0 Å². The molecule has 0 aliphatic rings. The highest BCUT2D eigenvalue weighted by molar-refractivity contribution is 5.96. The Morgan fingerprint density at radius 3 is 2.68 bits per heavy atom. The number of ether oxygens (including phenoxy) is 1. The highest BCUT2D eigenvalue weighted by Gasteiger charge is 2.12. The molecule has 0 unspecified atom stereocenters. The predicted octanol–water partition coefficient (Wildman–Crippen LogP) is 4.16. The van der Waals surface area contributed by atoms with Gasteiger partial charge in [-0.1, -0.05) is 31.2 Å². The van der Waals surface area contributed by atoms with Gasteiger partial charge in [-0.05, 0) is 48.7 Å². The molecule has 3 aromatic rings. The van der Waals surface area contributed by atoms with Crippen LogP contribution in [0.5, 0.6) is 5.75 Å². The van der Waals surface area contributed by atoms with Crippen molar-refractivity contribution in [3.8, 4) is 5.75 Å². The Morgan fingerprint density at radius 1 is 1.16 bits per heavy atom. The summed E-state index contributed by atoms with van der Waals surface area (Å²) in [7, 11) is 0. The van der Waals surface area contributed by atoms with E-state index in [0.29, 0.717) is 12.2 Å². The van der Waals surface area contributed by atoms with Crippen LogP contribution in [0.2, 0.25) is 0 Å². The molecule has 0 aliphatic carbocycles. The van der Waals surface area contributed by atoms with Gasteiger partial charge < -0.3 is 9.15 Å². The number of fused-ring (bicyclic) bond motifs is 1. The van der Waals surface area contributed by atoms with E-state index in [4.69, 9.17) is 9.15 Å². The van der Waals surface area contributed by atoms with Crippen LogP contribution >= 0.6 is 0 Å². The molecule has 3 rings (SSSR count). The largest absolute Gasteiger partial charge is 0.494 e. The van der Waals surface area contributed by atoms with Gasteiger partial charge >= 0.3 is 5.91 Å². The Morgan fingerprint density at radius 2 is 1.96 bits per heavy atom. The number of furan rings is 1. The number of benzene rings is 2. The Hall–Kier alpha value is -3.08. The number of aryl methyl sites for hydroxylation is 1. The van der Waals surface area contributed by atoms with Gasteiger partial charge in [0.15, 0.2) is 5.76 Å². The summed E-state index contributed by atoms with van der Waals surface area (Å²) in [4.78, 5) is 12.2. The van der Waals surface area contributed by atoms with Crippen LogP contribution in [0.1, 0.15) is 35.5 Å². The van der Waals surface area contributed by atoms with Gasteiger partial charge in [-0.2, -0.15) is 5.10 Å². The maximum absolute atomic E-state index is 12.2. The third kappa shape index (κ3) is 4.07. The van der Waals surface area contributed by atoms with E-state index in [9.17, 15) is 4.79 Å². The van der Waals surface area contributed by atoms with Crippen molar-refractivity contribution in [3.05, 3.63) is 65.4 Å². The number of nitrogens with one attached hydrogen (secondary N) is 1. The first-order valence-corrected chi connectivity index (χ1v) is 8.28. The smallest absolute Gasteiger partial charge is 0.307 e. The second kappa shape index (κ2) is 7.66. The molecule has 5 nitrogen and oxygen atoms in total. The van der Waals surface area contributed by atoms with Crippen LogP contribution in [-0.2, 0) is 6.42 Å². The standard InChI is InChI=1S/C20H20N2O3/c1-3-14-5-7-15(8-6-14)13-21-22-20(23)19-12-16-11-17(24-4-2)9-10-18(16)25-19/h5-13H,3-4H2,1-2H3,(H,22,23)/b21-13+. The molecule has 0 bridgehead atoms. The molecule has 0 atom stereocenters. The van der Waals surface area contributed by atoms with Crippen LogP contribution in [0.4, 0.5) is 0 Å². The molecule has 0 spiro atoms. The molecule has 0 aliphatic heterocycles. The molecule has 1 aromatic heterocycles. The van der Waals surface area contributed by atoms with Crippen molar-refractivity contribution in [1.82, 2.24) is 5.43 Å². The van der Waals surface area contributed by atoms with Crippen LogP contribution in [-0.4, -0.2) is 18.7 Å². The molecule has 1 N–H and O–H groups in total. The quantitative estimate of drug-likeness (QED) is 0.543. The average molecular weight is 336 g/mol. The highest BCUT2D eigenvalue weighted by Crippen LogP contribution is 2.24. The van der Waals surface area contributed by atoms with E-state index in [0.717, 1.165) is 23.1 Å². The van der Waals surface area contributed by atoms with Crippen molar-refractivity contribution < 1.29 is 13.9 Å². The number of amides is 1. The van der Waals surface area contributed by atoms with Crippen LogP contribution < -0.4 is 10.2 Å². The Labute approximate surface area is 146 Å². The van der Waals surface area contributed by atoms with E-state index in [2.05, 4.69) is 17.5 Å². The van der Waals surface area contributed by atoms with Crippen LogP contribution in [0.25, 0.3) is 11.0 Å². The minimum Gasteiger partial charge on any atom is -0.494 e. The maximum Gasteiger partial charge on any atom is 0.307 e. The maximum atomic E-state index is 12.2. The van der Waals surface area contributed by atoms with Gasteiger partial charge in [0.25, 0.3) is 0 Å². The third-order valence-corrected chi connectivity index (χ3v) is 3.79. The summed E-state index contributed by atoms with van der Waals surface area (Å²) in [6.45, 7) is 4.62. The summed E-state index contributed by atoms with van der Waals surface area (Å²) >= 11 is 0. The molecule has 1 amide bonds. The van der Waals surface area contributed by atoms with Gasteiger partial charge in [-0.15, -0.1) is 0 Å². The fraction of sp³-hybridized carbons (Fsp3) is 0.200. The van der Waals surface area contributed by atoms with E-state index in [1.165, 1.54) is 5.56 Å². The molecular formula is C20H20N2O3. The van der Waals surface area contributed by atoms with Crippen LogP contribution in [0.15, 0.2) is 58.0 Å². The zero-order chi connectivity index (χ0) is 17.6. The second-order valence-corrected chi connectivity index (χ2v) is 5.54. The van der Waals surface area contributed by atoms with Gasteiger partial charge in [0.2, 0.25) is 0 Å².